The third kappa shape index (κ3) is 4.09. The van der Waals surface area contributed by atoms with E-state index in [-0.39, 0.29) is 0 Å². The van der Waals surface area contributed by atoms with E-state index in [1.165, 1.54) is 4.31 Å². The fraction of sp³-hybridized carbons (Fsp3) is 0.250. The summed E-state index contributed by atoms with van der Waals surface area (Å²) < 4.78 is 32.1. The fourth-order valence-electron chi connectivity index (χ4n) is 2.80. The Morgan fingerprint density at radius 2 is 1.73 bits per heavy atom. The van der Waals surface area contributed by atoms with Gasteiger partial charge in [-0.15, -0.1) is 0 Å². The normalized spacial score (nSPS) is 12.0. The van der Waals surface area contributed by atoms with Crippen LogP contribution in [0.3, 0.4) is 0 Å². The van der Waals surface area contributed by atoms with Crippen LogP contribution < -0.4 is 0 Å². The summed E-state index contributed by atoms with van der Waals surface area (Å²) >= 11 is 0. The largest absolute Gasteiger partial charge is 0.384 e. The molecule has 2 aromatic carbocycles. The van der Waals surface area contributed by atoms with Crippen LogP contribution >= 0.6 is 0 Å². The number of nitrogens with zero attached hydrogens (tertiary/aromatic N) is 2. The van der Waals surface area contributed by atoms with Crippen LogP contribution in [-0.2, 0) is 27.7 Å². The summed E-state index contributed by atoms with van der Waals surface area (Å²) in [4.78, 5) is 4.39. The Hall–Kier alpha value is -2.28. The van der Waals surface area contributed by atoms with Gasteiger partial charge in [0.2, 0.25) is 10.0 Å². The van der Waals surface area contributed by atoms with Crippen LogP contribution in [0.25, 0.3) is 10.8 Å². The summed E-state index contributed by atoms with van der Waals surface area (Å²) in [6, 6.07) is 14.8. The zero-order valence-corrected chi connectivity index (χ0v) is 15.7. The maximum absolute atomic E-state index is 12.8. The van der Waals surface area contributed by atoms with Gasteiger partial charge in [0, 0.05) is 38.5 Å². The van der Waals surface area contributed by atoms with Crippen molar-refractivity contribution in [2.75, 3.05) is 20.8 Å². The summed E-state index contributed by atoms with van der Waals surface area (Å²) in [7, 11) is -0.286. The molecule has 6 heteroatoms. The third-order valence-electron chi connectivity index (χ3n) is 4.34. The van der Waals surface area contributed by atoms with Crippen molar-refractivity contribution in [3.63, 3.8) is 0 Å². The van der Waals surface area contributed by atoms with Gasteiger partial charge in [-0.25, -0.2) is 8.42 Å². The lowest BCUT2D eigenvalue weighted by Gasteiger charge is -2.18. The molecule has 1 aromatic heterocycles. The van der Waals surface area contributed by atoms with E-state index in [1.807, 2.05) is 36.4 Å². The van der Waals surface area contributed by atoms with Crippen molar-refractivity contribution >= 4 is 20.8 Å². The molecule has 0 atom stereocenters. The number of hydrogen-bond donors (Lipinski definition) is 0. The van der Waals surface area contributed by atoms with Crippen molar-refractivity contribution in [1.82, 2.24) is 9.29 Å². The maximum Gasteiger partial charge on any atom is 0.243 e. The zero-order chi connectivity index (χ0) is 18.6. The molecule has 3 rings (SSSR count). The SMILES string of the molecule is COCCc1ccc(S(=O)(=O)N(C)Cc2ccc3cnccc3c2)cc1. The van der Waals surface area contributed by atoms with Gasteiger partial charge in [0.05, 0.1) is 11.5 Å². The molecule has 26 heavy (non-hydrogen) atoms. The van der Waals surface area contributed by atoms with Crippen molar-refractivity contribution in [3.8, 4) is 0 Å². The second-order valence-electron chi connectivity index (χ2n) is 6.21. The minimum Gasteiger partial charge on any atom is -0.384 e. The van der Waals surface area contributed by atoms with Crippen molar-refractivity contribution in [3.05, 3.63) is 72.1 Å². The standard InChI is InChI=1S/C20H22N2O3S/c1-22(15-17-3-6-19-14-21-11-9-18(19)13-17)26(23,24)20-7-4-16(5-8-20)10-12-25-2/h3-9,11,13-14H,10,12,15H2,1-2H3. The Labute approximate surface area is 154 Å². The fourth-order valence-corrected chi connectivity index (χ4v) is 3.96. The molecule has 0 bridgehead atoms. The van der Waals surface area contributed by atoms with E-state index >= 15 is 0 Å². The topological polar surface area (TPSA) is 59.5 Å². The highest BCUT2D eigenvalue weighted by molar-refractivity contribution is 7.89. The van der Waals surface area contributed by atoms with E-state index in [0.29, 0.717) is 18.0 Å². The number of sulfonamides is 1. The summed E-state index contributed by atoms with van der Waals surface area (Å²) in [6.07, 6.45) is 4.29. The molecule has 136 valence electrons. The van der Waals surface area contributed by atoms with E-state index in [4.69, 9.17) is 4.74 Å². The number of rotatable bonds is 7. The van der Waals surface area contributed by atoms with Gasteiger partial charge in [-0.3, -0.25) is 4.98 Å². The molecule has 0 saturated heterocycles. The Balaban J connectivity index is 1.77. The van der Waals surface area contributed by atoms with Crippen molar-refractivity contribution in [2.45, 2.75) is 17.9 Å². The average Bonchev–Trinajstić information content (AvgIpc) is 2.66. The molecule has 0 radical (unpaired) electrons. The monoisotopic (exact) mass is 370 g/mol. The molecule has 0 aliphatic rings. The first-order chi connectivity index (χ1) is 12.5. The first kappa shape index (κ1) is 18.5. The average molecular weight is 370 g/mol. The van der Waals surface area contributed by atoms with Gasteiger partial charge < -0.3 is 4.74 Å². The third-order valence-corrected chi connectivity index (χ3v) is 6.15. The number of fused-ring (bicyclic) bond motifs is 1. The van der Waals surface area contributed by atoms with E-state index < -0.39 is 10.0 Å². The molecular weight excluding hydrogens is 348 g/mol. The number of hydrogen-bond acceptors (Lipinski definition) is 4. The van der Waals surface area contributed by atoms with E-state index in [0.717, 1.165) is 28.3 Å². The summed E-state index contributed by atoms with van der Waals surface area (Å²) in [5, 5.41) is 2.08. The second-order valence-corrected chi connectivity index (χ2v) is 8.25. The highest BCUT2D eigenvalue weighted by atomic mass is 32.2. The van der Waals surface area contributed by atoms with E-state index in [9.17, 15) is 8.42 Å². The van der Waals surface area contributed by atoms with Gasteiger partial charge >= 0.3 is 0 Å². The molecule has 0 amide bonds. The van der Waals surface area contributed by atoms with Gasteiger partial charge in [0.1, 0.15) is 0 Å². The summed E-state index contributed by atoms with van der Waals surface area (Å²) in [6.45, 7) is 0.926. The lowest BCUT2D eigenvalue weighted by atomic mass is 10.1. The number of ether oxygens (including phenoxy) is 1. The van der Waals surface area contributed by atoms with Crippen LogP contribution in [-0.4, -0.2) is 38.5 Å². The van der Waals surface area contributed by atoms with E-state index in [2.05, 4.69) is 4.98 Å². The van der Waals surface area contributed by atoms with Gasteiger partial charge in [0.15, 0.2) is 0 Å². The minimum atomic E-state index is -3.54. The number of benzene rings is 2. The minimum absolute atomic E-state index is 0.297. The quantitative estimate of drug-likeness (QED) is 0.641. The van der Waals surface area contributed by atoms with Crippen molar-refractivity contribution in [2.24, 2.45) is 0 Å². The van der Waals surface area contributed by atoms with Crippen LogP contribution in [0.4, 0.5) is 0 Å². The number of methoxy groups -OCH3 is 1. The molecule has 0 N–H and O–H groups in total. The zero-order valence-electron chi connectivity index (χ0n) is 14.9. The van der Waals surface area contributed by atoms with Crippen molar-refractivity contribution < 1.29 is 13.2 Å². The Morgan fingerprint density at radius 3 is 2.46 bits per heavy atom. The van der Waals surface area contributed by atoms with Crippen LogP contribution in [0.1, 0.15) is 11.1 Å². The van der Waals surface area contributed by atoms with Gasteiger partial charge in [-0.2, -0.15) is 4.31 Å². The van der Waals surface area contributed by atoms with E-state index in [1.54, 1.807) is 38.7 Å². The molecule has 0 unspecified atom stereocenters. The Morgan fingerprint density at radius 1 is 1.00 bits per heavy atom. The van der Waals surface area contributed by atoms with Gasteiger partial charge in [-0.05, 0) is 47.2 Å². The van der Waals surface area contributed by atoms with Crippen LogP contribution in [0.15, 0.2) is 65.8 Å². The highest BCUT2D eigenvalue weighted by Gasteiger charge is 2.20. The number of aromatic nitrogens is 1. The molecule has 1 heterocycles. The predicted octanol–water partition coefficient (Wildman–Crippen LogP) is 3.24. The first-order valence-electron chi connectivity index (χ1n) is 8.37. The summed E-state index contributed by atoms with van der Waals surface area (Å²) in [5.74, 6) is 0. The predicted molar refractivity (Wildman–Crippen MR) is 102 cm³/mol. The molecule has 5 nitrogen and oxygen atoms in total. The van der Waals surface area contributed by atoms with Gasteiger partial charge in [0.25, 0.3) is 0 Å². The lowest BCUT2D eigenvalue weighted by molar-refractivity contribution is 0.202. The number of pyridine rings is 1. The Bertz CT molecular complexity index is 985. The Kier molecular flexibility index (Phi) is 5.66. The molecular formula is C20H22N2O3S. The molecule has 0 saturated carbocycles. The van der Waals surface area contributed by atoms with Crippen LogP contribution in [0.2, 0.25) is 0 Å². The second kappa shape index (κ2) is 7.95. The van der Waals surface area contributed by atoms with Crippen LogP contribution in [0.5, 0.6) is 0 Å². The smallest absolute Gasteiger partial charge is 0.243 e. The first-order valence-corrected chi connectivity index (χ1v) is 9.81. The van der Waals surface area contributed by atoms with Crippen molar-refractivity contribution in [1.29, 1.82) is 0 Å². The maximum atomic E-state index is 12.8. The molecule has 3 aromatic rings. The molecule has 0 aliphatic carbocycles. The molecule has 0 spiro atoms. The van der Waals surface area contributed by atoms with Crippen LogP contribution in [0, 0.1) is 0 Å². The molecule has 0 fully saturated rings. The summed E-state index contributed by atoms with van der Waals surface area (Å²) in [5.41, 5.74) is 1.99. The van der Waals surface area contributed by atoms with Gasteiger partial charge in [-0.1, -0.05) is 24.3 Å². The highest BCUT2D eigenvalue weighted by Crippen LogP contribution is 2.20. The molecule has 0 aliphatic heterocycles. The lowest BCUT2D eigenvalue weighted by Crippen LogP contribution is -2.26.